The molecule has 7 nitrogen and oxygen atoms in total. The summed E-state index contributed by atoms with van der Waals surface area (Å²) in [5, 5.41) is 4.03. The van der Waals surface area contributed by atoms with Gasteiger partial charge in [-0.25, -0.2) is 0 Å². The molecule has 0 saturated heterocycles. The van der Waals surface area contributed by atoms with E-state index in [4.69, 9.17) is 11.5 Å². The SMILES string of the molecule is CCCc1nnsc1-c1nc(N)nc(N)n1. The maximum absolute atomic E-state index is 5.51. The number of rotatable bonds is 3. The van der Waals surface area contributed by atoms with Gasteiger partial charge < -0.3 is 11.5 Å². The molecular formula is C8H11N7S. The number of nitrogens with zero attached hydrogens (tertiary/aromatic N) is 5. The van der Waals surface area contributed by atoms with Crippen LogP contribution in [0.3, 0.4) is 0 Å². The molecule has 84 valence electrons. The molecule has 0 unspecified atom stereocenters. The van der Waals surface area contributed by atoms with Crippen molar-refractivity contribution in [3.8, 4) is 10.7 Å². The molecule has 0 radical (unpaired) electrons. The Morgan fingerprint density at radius 1 is 1.12 bits per heavy atom. The van der Waals surface area contributed by atoms with Crippen LogP contribution in [0.15, 0.2) is 0 Å². The van der Waals surface area contributed by atoms with E-state index in [0.29, 0.717) is 5.82 Å². The van der Waals surface area contributed by atoms with Crippen LogP contribution in [0.2, 0.25) is 0 Å². The monoisotopic (exact) mass is 237 g/mol. The second-order valence-corrected chi connectivity index (χ2v) is 3.93. The summed E-state index contributed by atoms with van der Waals surface area (Å²) in [4.78, 5) is 12.6. The molecule has 8 heteroatoms. The largest absolute Gasteiger partial charge is 0.368 e. The first-order valence-electron chi connectivity index (χ1n) is 4.79. The first-order chi connectivity index (χ1) is 7.70. The number of aromatic nitrogens is 5. The van der Waals surface area contributed by atoms with Gasteiger partial charge in [-0.1, -0.05) is 17.8 Å². The van der Waals surface area contributed by atoms with E-state index in [9.17, 15) is 0 Å². The average Bonchev–Trinajstić information content (AvgIpc) is 2.65. The van der Waals surface area contributed by atoms with Crippen molar-refractivity contribution in [2.75, 3.05) is 11.5 Å². The highest BCUT2D eigenvalue weighted by Crippen LogP contribution is 2.24. The van der Waals surface area contributed by atoms with Gasteiger partial charge in [0.15, 0.2) is 5.82 Å². The van der Waals surface area contributed by atoms with Crippen molar-refractivity contribution in [2.45, 2.75) is 19.8 Å². The molecule has 0 aliphatic carbocycles. The molecule has 0 amide bonds. The van der Waals surface area contributed by atoms with Crippen LogP contribution in [0.5, 0.6) is 0 Å². The minimum Gasteiger partial charge on any atom is -0.368 e. The van der Waals surface area contributed by atoms with Crippen molar-refractivity contribution in [3.63, 3.8) is 0 Å². The smallest absolute Gasteiger partial charge is 0.225 e. The van der Waals surface area contributed by atoms with Crippen LogP contribution in [0, 0.1) is 0 Å². The quantitative estimate of drug-likeness (QED) is 0.798. The number of hydrogen-bond acceptors (Lipinski definition) is 8. The Morgan fingerprint density at radius 2 is 1.81 bits per heavy atom. The second kappa shape index (κ2) is 4.35. The number of aryl methyl sites for hydroxylation is 1. The molecule has 16 heavy (non-hydrogen) atoms. The number of anilines is 2. The molecule has 0 aliphatic rings. The Balaban J connectivity index is 2.45. The summed E-state index contributed by atoms with van der Waals surface area (Å²) in [5.41, 5.74) is 11.9. The van der Waals surface area contributed by atoms with E-state index in [1.54, 1.807) is 0 Å². The molecule has 0 fully saturated rings. The lowest BCUT2D eigenvalue weighted by Crippen LogP contribution is -2.04. The standard InChI is InChI=1S/C8H11N7S/c1-2-3-4-5(16-15-14-4)6-11-7(9)13-8(10)12-6/h2-3H2,1H3,(H4,9,10,11,12,13). The molecule has 0 aliphatic heterocycles. The maximum Gasteiger partial charge on any atom is 0.225 e. The molecule has 0 aromatic carbocycles. The average molecular weight is 237 g/mol. The van der Waals surface area contributed by atoms with Crippen LogP contribution in [0.25, 0.3) is 10.7 Å². The fourth-order valence-corrected chi connectivity index (χ4v) is 1.93. The molecule has 2 aromatic heterocycles. The maximum atomic E-state index is 5.51. The lowest BCUT2D eigenvalue weighted by molar-refractivity contribution is 0.869. The van der Waals surface area contributed by atoms with Crippen molar-refractivity contribution >= 4 is 23.4 Å². The summed E-state index contributed by atoms with van der Waals surface area (Å²) >= 11 is 1.23. The molecule has 0 spiro atoms. The zero-order valence-corrected chi connectivity index (χ0v) is 9.53. The summed E-state index contributed by atoms with van der Waals surface area (Å²) in [6.45, 7) is 2.07. The minimum atomic E-state index is 0.110. The highest BCUT2D eigenvalue weighted by molar-refractivity contribution is 7.09. The number of nitrogens with two attached hydrogens (primary N) is 2. The summed E-state index contributed by atoms with van der Waals surface area (Å²) in [7, 11) is 0. The van der Waals surface area contributed by atoms with E-state index in [1.165, 1.54) is 11.5 Å². The molecule has 4 N–H and O–H groups in total. The third-order valence-electron chi connectivity index (χ3n) is 1.92. The molecule has 0 bridgehead atoms. The zero-order chi connectivity index (χ0) is 11.5. The fraction of sp³-hybridized carbons (Fsp3) is 0.375. The van der Waals surface area contributed by atoms with Crippen LogP contribution < -0.4 is 11.5 Å². The first-order valence-corrected chi connectivity index (χ1v) is 5.56. The first kappa shape index (κ1) is 10.7. The van der Waals surface area contributed by atoms with Crippen molar-refractivity contribution in [1.82, 2.24) is 24.5 Å². The predicted molar refractivity (Wildman–Crippen MR) is 61.5 cm³/mol. The van der Waals surface area contributed by atoms with E-state index >= 15 is 0 Å². The minimum absolute atomic E-state index is 0.110. The second-order valence-electron chi connectivity index (χ2n) is 3.17. The van der Waals surface area contributed by atoms with Gasteiger partial charge in [-0.3, -0.25) is 0 Å². The van der Waals surface area contributed by atoms with Crippen LogP contribution in [-0.2, 0) is 6.42 Å². The lowest BCUT2D eigenvalue weighted by Gasteiger charge is -2.00. The Kier molecular flexibility index (Phi) is 2.91. The van der Waals surface area contributed by atoms with Crippen molar-refractivity contribution in [2.24, 2.45) is 0 Å². The topological polar surface area (TPSA) is 116 Å². The molecule has 0 atom stereocenters. The van der Waals surface area contributed by atoms with Crippen LogP contribution >= 0.6 is 11.5 Å². The Bertz CT molecular complexity index is 475. The van der Waals surface area contributed by atoms with Crippen LogP contribution in [0.4, 0.5) is 11.9 Å². The highest BCUT2D eigenvalue weighted by atomic mass is 32.1. The van der Waals surface area contributed by atoms with Gasteiger partial charge >= 0.3 is 0 Å². The van der Waals surface area contributed by atoms with Gasteiger partial charge in [-0.2, -0.15) is 15.0 Å². The third kappa shape index (κ3) is 2.06. The van der Waals surface area contributed by atoms with Crippen molar-refractivity contribution < 1.29 is 0 Å². The van der Waals surface area contributed by atoms with Crippen LogP contribution in [-0.4, -0.2) is 24.5 Å². The molecular weight excluding hydrogens is 226 g/mol. The molecule has 2 rings (SSSR count). The fourth-order valence-electron chi connectivity index (χ4n) is 1.29. The van der Waals surface area contributed by atoms with E-state index in [2.05, 4.69) is 31.5 Å². The Labute approximate surface area is 96.1 Å². The van der Waals surface area contributed by atoms with Gasteiger partial charge in [0, 0.05) is 0 Å². The van der Waals surface area contributed by atoms with E-state index in [1.807, 2.05) is 0 Å². The van der Waals surface area contributed by atoms with Crippen molar-refractivity contribution in [3.05, 3.63) is 5.69 Å². The Hall–Kier alpha value is -1.83. The van der Waals surface area contributed by atoms with Gasteiger partial charge in [0.05, 0.1) is 5.69 Å². The normalized spacial score (nSPS) is 10.6. The van der Waals surface area contributed by atoms with Crippen LogP contribution in [0.1, 0.15) is 19.0 Å². The third-order valence-corrected chi connectivity index (χ3v) is 2.68. The van der Waals surface area contributed by atoms with E-state index in [-0.39, 0.29) is 11.9 Å². The van der Waals surface area contributed by atoms with Gasteiger partial charge in [-0.05, 0) is 18.0 Å². The predicted octanol–water partition coefficient (Wildman–Crippen LogP) is 0.507. The highest BCUT2D eigenvalue weighted by Gasteiger charge is 2.13. The summed E-state index contributed by atoms with van der Waals surface area (Å²) in [5.74, 6) is 0.667. The molecule has 0 saturated carbocycles. The molecule has 2 heterocycles. The Morgan fingerprint density at radius 3 is 2.44 bits per heavy atom. The summed E-state index contributed by atoms with van der Waals surface area (Å²) < 4.78 is 3.89. The van der Waals surface area contributed by atoms with Gasteiger partial charge in [0.2, 0.25) is 11.9 Å². The summed E-state index contributed by atoms with van der Waals surface area (Å²) in [6.07, 6.45) is 1.81. The number of nitrogen functional groups attached to an aromatic ring is 2. The van der Waals surface area contributed by atoms with E-state index in [0.717, 1.165) is 23.4 Å². The van der Waals surface area contributed by atoms with Gasteiger partial charge in [0.25, 0.3) is 0 Å². The van der Waals surface area contributed by atoms with Gasteiger partial charge in [-0.15, -0.1) is 5.10 Å². The summed E-state index contributed by atoms with van der Waals surface area (Å²) in [6, 6.07) is 0. The zero-order valence-electron chi connectivity index (χ0n) is 8.71. The molecule has 2 aromatic rings. The lowest BCUT2D eigenvalue weighted by atomic mass is 10.2. The van der Waals surface area contributed by atoms with E-state index < -0.39 is 0 Å². The number of hydrogen-bond donors (Lipinski definition) is 2. The van der Waals surface area contributed by atoms with Gasteiger partial charge in [0.1, 0.15) is 4.88 Å². The van der Waals surface area contributed by atoms with Crippen molar-refractivity contribution in [1.29, 1.82) is 0 Å².